The monoisotopic (exact) mass is 305 g/mol. The first-order chi connectivity index (χ1) is 9.79. The molecule has 0 aliphatic rings. The van der Waals surface area contributed by atoms with Crippen molar-refractivity contribution in [3.63, 3.8) is 0 Å². The third kappa shape index (κ3) is 6.35. The van der Waals surface area contributed by atoms with E-state index in [0.29, 0.717) is 12.0 Å². The lowest BCUT2D eigenvalue weighted by molar-refractivity contribution is -0.00445. The lowest BCUT2D eigenvalue weighted by Crippen LogP contribution is -2.27. The zero-order valence-corrected chi connectivity index (χ0v) is 12.5. The number of aliphatic hydroxyl groups excluding tert-OH is 1. The van der Waals surface area contributed by atoms with E-state index >= 15 is 0 Å². The molecule has 3 nitrogen and oxygen atoms in total. The average Bonchev–Trinajstić information content (AvgIpc) is 2.38. The fraction of sp³-hybridized carbons (Fsp3) is 0.600. The molecule has 0 spiro atoms. The second-order valence-electron chi connectivity index (χ2n) is 5.55. The van der Waals surface area contributed by atoms with Gasteiger partial charge in [-0.25, -0.2) is 13.2 Å². The summed E-state index contributed by atoms with van der Waals surface area (Å²) in [5.41, 5.74) is -0.192. The van der Waals surface area contributed by atoms with E-state index in [1.165, 1.54) is 0 Å². The molecule has 0 aromatic heterocycles. The van der Waals surface area contributed by atoms with Crippen LogP contribution in [0.5, 0.6) is 0 Å². The van der Waals surface area contributed by atoms with Gasteiger partial charge in [0.15, 0.2) is 11.6 Å². The van der Waals surface area contributed by atoms with Gasteiger partial charge in [0.25, 0.3) is 0 Å². The van der Waals surface area contributed by atoms with E-state index in [1.54, 1.807) is 0 Å². The van der Waals surface area contributed by atoms with Gasteiger partial charge >= 0.3 is 0 Å². The van der Waals surface area contributed by atoms with Gasteiger partial charge in [0.1, 0.15) is 5.82 Å². The van der Waals surface area contributed by atoms with Crippen molar-refractivity contribution in [3.05, 3.63) is 29.6 Å². The summed E-state index contributed by atoms with van der Waals surface area (Å²) in [5.74, 6) is -2.80. The van der Waals surface area contributed by atoms with Crippen LogP contribution in [0.4, 0.5) is 18.9 Å². The van der Waals surface area contributed by atoms with Crippen LogP contribution in [0.3, 0.4) is 0 Å². The van der Waals surface area contributed by atoms with Crippen LogP contribution in [0.15, 0.2) is 12.1 Å². The molecule has 0 bridgehead atoms. The van der Waals surface area contributed by atoms with Crippen LogP contribution < -0.4 is 5.32 Å². The Morgan fingerprint density at radius 1 is 1.10 bits per heavy atom. The second-order valence-corrected chi connectivity index (χ2v) is 5.55. The number of hydrogen-bond acceptors (Lipinski definition) is 3. The van der Waals surface area contributed by atoms with Crippen molar-refractivity contribution in [2.24, 2.45) is 5.92 Å². The Hall–Kier alpha value is -1.27. The molecule has 0 saturated carbocycles. The predicted molar refractivity (Wildman–Crippen MR) is 75.7 cm³/mol. The second kappa shape index (κ2) is 8.24. The molecule has 0 heterocycles. The van der Waals surface area contributed by atoms with Crippen molar-refractivity contribution in [1.82, 2.24) is 0 Å². The fourth-order valence-corrected chi connectivity index (χ4v) is 1.95. The molecule has 0 radical (unpaired) electrons. The molecule has 1 aromatic rings. The number of anilines is 1. The average molecular weight is 305 g/mol. The molecule has 0 aliphatic carbocycles. The number of aliphatic hydroxyl groups is 1. The molecular weight excluding hydrogens is 283 g/mol. The van der Waals surface area contributed by atoms with Gasteiger partial charge in [-0.2, -0.15) is 0 Å². The minimum Gasteiger partial charge on any atom is -0.389 e. The third-order valence-corrected chi connectivity index (χ3v) is 2.91. The summed E-state index contributed by atoms with van der Waals surface area (Å²) in [6.07, 6.45) is 0.0181. The summed E-state index contributed by atoms with van der Waals surface area (Å²) < 4.78 is 44.6. The van der Waals surface area contributed by atoms with Crippen LogP contribution in [0.1, 0.15) is 27.2 Å². The predicted octanol–water partition coefficient (Wildman–Crippen LogP) is 3.33. The smallest absolute Gasteiger partial charge is 0.161 e. The summed E-state index contributed by atoms with van der Waals surface area (Å²) in [4.78, 5) is 0. The first kappa shape index (κ1) is 17.8. The summed E-state index contributed by atoms with van der Waals surface area (Å²) in [7, 11) is 0. The lowest BCUT2D eigenvalue weighted by Gasteiger charge is -2.18. The van der Waals surface area contributed by atoms with E-state index in [9.17, 15) is 18.3 Å². The molecule has 1 aromatic carbocycles. The van der Waals surface area contributed by atoms with Crippen molar-refractivity contribution in [2.45, 2.75) is 39.4 Å². The standard InChI is InChI=1S/C15H22F3NO2/c1-9(2)4-10(3)21-8-11(20)7-19-15-6-13(17)12(16)5-14(15)18/h5-6,9-11,19-20H,4,7-8H2,1-3H3. The van der Waals surface area contributed by atoms with Crippen molar-refractivity contribution < 1.29 is 23.0 Å². The Balaban J connectivity index is 2.39. The number of ether oxygens (including phenoxy) is 1. The van der Waals surface area contributed by atoms with Crippen LogP contribution in [-0.4, -0.2) is 30.5 Å². The molecule has 2 N–H and O–H groups in total. The minimum atomic E-state index is -1.25. The molecule has 0 aliphatic heterocycles. The Morgan fingerprint density at radius 2 is 1.71 bits per heavy atom. The highest BCUT2D eigenvalue weighted by molar-refractivity contribution is 5.45. The van der Waals surface area contributed by atoms with E-state index in [2.05, 4.69) is 19.2 Å². The molecule has 0 amide bonds. The zero-order valence-electron chi connectivity index (χ0n) is 12.5. The summed E-state index contributed by atoms with van der Waals surface area (Å²) in [6.45, 7) is 6.13. The van der Waals surface area contributed by atoms with Gasteiger partial charge in [-0.3, -0.25) is 0 Å². The van der Waals surface area contributed by atoms with Crippen molar-refractivity contribution >= 4 is 5.69 Å². The van der Waals surface area contributed by atoms with E-state index in [-0.39, 0.29) is 24.9 Å². The molecule has 2 atom stereocenters. The molecule has 120 valence electrons. The maximum Gasteiger partial charge on any atom is 0.161 e. The maximum atomic E-state index is 13.4. The summed E-state index contributed by atoms with van der Waals surface area (Å²) in [6, 6.07) is 1.19. The van der Waals surface area contributed by atoms with E-state index in [4.69, 9.17) is 4.74 Å². The molecule has 6 heteroatoms. The third-order valence-electron chi connectivity index (χ3n) is 2.91. The van der Waals surface area contributed by atoms with Gasteiger partial charge in [0.05, 0.1) is 24.5 Å². The highest BCUT2D eigenvalue weighted by atomic mass is 19.2. The van der Waals surface area contributed by atoms with E-state index in [0.717, 1.165) is 12.5 Å². The number of hydrogen-bond donors (Lipinski definition) is 2. The summed E-state index contributed by atoms with van der Waals surface area (Å²) >= 11 is 0. The van der Waals surface area contributed by atoms with Gasteiger partial charge in [0.2, 0.25) is 0 Å². The Bertz CT molecular complexity index is 455. The fourth-order valence-electron chi connectivity index (χ4n) is 1.95. The summed E-state index contributed by atoms with van der Waals surface area (Å²) in [5, 5.41) is 12.3. The Morgan fingerprint density at radius 3 is 2.33 bits per heavy atom. The van der Waals surface area contributed by atoms with Crippen molar-refractivity contribution in [1.29, 1.82) is 0 Å². The topological polar surface area (TPSA) is 41.5 Å². The highest BCUT2D eigenvalue weighted by Crippen LogP contribution is 2.18. The Labute approximate surface area is 123 Å². The van der Waals surface area contributed by atoms with Gasteiger partial charge in [-0.15, -0.1) is 0 Å². The van der Waals surface area contributed by atoms with Crippen LogP contribution in [0.25, 0.3) is 0 Å². The van der Waals surface area contributed by atoms with Gasteiger partial charge in [-0.05, 0) is 19.3 Å². The number of benzene rings is 1. The molecular formula is C15H22F3NO2. The van der Waals surface area contributed by atoms with Gasteiger partial charge < -0.3 is 15.2 Å². The molecule has 21 heavy (non-hydrogen) atoms. The van der Waals surface area contributed by atoms with Crippen LogP contribution in [0.2, 0.25) is 0 Å². The highest BCUT2D eigenvalue weighted by Gasteiger charge is 2.13. The van der Waals surface area contributed by atoms with Gasteiger partial charge in [-0.1, -0.05) is 13.8 Å². The zero-order chi connectivity index (χ0) is 16.0. The van der Waals surface area contributed by atoms with Crippen molar-refractivity contribution in [3.8, 4) is 0 Å². The maximum absolute atomic E-state index is 13.4. The largest absolute Gasteiger partial charge is 0.389 e. The molecule has 0 saturated heterocycles. The van der Waals surface area contributed by atoms with Crippen LogP contribution >= 0.6 is 0 Å². The molecule has 1 rings (SSSR count). The van der Waals surface area contributed by atoms with Crippen LogP contribution in [-0.2, 0) is 4.74 Å². The first-order valence-electron chi connectivity index (χ1n) is 6.97. The number of halogens is 3. The molecule has 2 unspecified atom stereocenters. The Kier molecular flexibility index (Phi) is 6.98. The first-order valence-corrected chi connectivity index (χ1v) is 6.97. The quantitative estimate of drug-likeness (QED) is 0.724. The number of rotatable bonds is 8. The van der Waals surface area contributed by atoms with Gasteiger partial charge in [0, 0.05) is 18.7 Å². The van der Waals surface area contributed by atoms with Crippen LogP contribution in [0, 0.1) is 23.4 Å². The van der Waals surface area contributed by atoms with E-state index in [1.807, 2.05) is 6.92 Å². The lowest BCUT2D eigenvalue weighted by atomic mass is 10.1. The normalized spacial score (nSPS) is 14.3. The van der Waals surface area contributed by atoms with Crippen molar-refractivity contribution in [2.75, 3.05) is 18.5 Å². The molecule has 0 fully saturated rings. The SMILES string of the molecule is CC(C)CC(C)OCC(O)CNc1cc(F)c(F)cc1F. The minimum absolute atomic E-state index is 0.0136. The van der Waals surface area contributed by atoms with E-state index < -0.39 is 23.6 Å². The number of nitrogens with one attached hydrogen (secondary N) is 1.